The van der Waals surface area contributed by atoms with Crippen LogP contribution in [0.4, 0.5) is 10.6 Å². The van der Waals surface area contributed by atoms with Crippen molar-refractivity contribution in [1.82, 2.24) is 15.4 Å². The number of benzene rings is 1. The molecule has 4 N–H and O–H groups in total. The maximum atomic E-state index is 11.0. The highest BCUT2D eigenvalue weighted by Crippen LogP contribution is 2.29. The Morgan fingerprint density at radius 1 is 1.35 bits per heavy atom. The van der Waals surface area contributed by atoms with Gasteiger partial charge in [-0.15, -0.1) is 6.42 Å². The van der Waals surface area contributed by atoms with E-state index in [2.05, 4.69) is 46.7 Å². The van der Waals surface area contributed by atoms with Crippen LogP contribution in [0.5, 0.6) is 0 Å². The first-order valence-corrected chi connectivity index (χ1v) is 8.75. The van der Waals surface area contributed by atoms with Gasteiger partial charge in [0, 0.05) is 5.56 Å². The van der Waals surface area contributed by atoms with Crippen LogP contribution >= 0.6 is 11.8 Å². The zero-order chi connectivity index (χ0) is 19.1. The van der Waals surface area contributed by atoms with Crippen LogP contribution in [0.3, 0.4) is 0 Å². The third-order valence-electron chi connectivity index (χ3n) is 3.44. The first kappa shape index (κ1) is 19.1. The van der Waals surface area contributed by atoms with Crippen molar-refractivity contribution >= 4 is 23.6 Å². The SMILES string of the molecule is C#CCSc1nc(NNC(N)=O)c(C#N)c(-c2ccc(C(C)C)cc2)n1. The highest BCUT2D eigenvalue weighted by Gasteiger charge is 2.17. The number of hydrogen-bond donors (Lipinski definition) is 3. The molecule has 1 heterocycles. The topological polar surface area (TPSA) is 117 Å². The number of thioether (sulfide) groups is 1. The zero-order valence-corrected chi connectivity index (χ0v) is 15.2. The van der Waals surface area contributed by atoms with Gasteiger partial charge in [0.15, 0.2) is 11.0 Å². The number of carbonyl (C=O) groups excluding carboxylic acids is 1. The lowest BCUT2D eigenvalue weighted by atomic mass is 9.99. The molecular formula is C18H18N6OS. The van der Waals surface area contributed by atoms with Crippen LogP contribution < -0.4 is 16.6 Å². The summed E-state index contributed by atoms with van der Waals surface area (Å²) in [7, 11) is 0. The molecule has 8 heteroatoms. The molecule has 0 atom stereocenters. The summed E-state index contributed by atoms with van der Waals surface area (Å²) < 4.78 is 0. The van der Waals surface area contributed by atoms with Gasteiger partial charge in [-0.05, 0) is 11.5 Å². The van der Waals surface area contributed by atoms with Gasteiger partial charge in [0.05, 0.1) is 11.4 Å². The van der Waals surface area contributed by atoms with E-state index in [1.165, 1.54) is 17.3 Å². The van der Waals surface area contributed by atoms with Crippen LogP contribution in [0, 0.1) is 23.7 Å². The summed E-state index contributed by atoms with van der Waals surface area (Å²) in [5, 5.41) is 9.97. The second-order valence-corrected chi connectivity index (χ2v) is 6.52. The molecule has 0 fully saturated rings. The summed E-state index contributed by atoms with van der Waals surface area (Å²) in [5.41, 5.74) is 12.4. The minimum absolute atomic E-state index is 0.156. The second-order valence-electron chi connectivity index (χ2n) is 5.57. The standard InChI is InChI=1S/C18H18N6OS/c1-4-9-26-18-21-15(13-7-5-12(6-8-13)11(2)3)14(10-19)16(22-18)23-24-17(20)25/h1,5-8,11H,9H2,2-3H3,(H3,20,24,25)(H,21,22,23). The Morgan fingerprint density at radius 2 is 2.04 bits per heavy atom. The smallest absolute Gasteiger partial charge is 0.330 e. The van der Waals surface area contributed by atoms with Gasteiger partial charge in [0.2, 0.25) is 0 Å². The average Bonchev–Trinajstić information content (AvgIpc) is 2.64. The maximum absolute atomic E-state index is 11.0. The van der Waals surface area contributed by atoms with Gasteiger partial charge in [0.1, 0.15) is 11.6 Å². The van der Waals surface area contributed by atoms with Gasteiger partial charge in [-0.2, -0.15) is 5.26 Å². The highest BCUT2D eigenvalue weighted by molar-refractivity contribution is 7.99. The van der Waals surface area contributed by atoms with Crippen LogP contribution in [0.25, 0.3) is 11.3 Å². The molecule has 2 amide bonds. The molecule has 2 aromatic rings. The lowest BCUT2D eigenvalue weighted by Crippen LogP contribution is -2.35. The summed E-state index contributed by atoms with van der Waals surface area (Å²) in [4.78, 5) is 19.7. The van der Waals surface area contributed by atoms with Crippen molar-refractivity contribution in [2.75, 3.05) is 11.2 Å². The number of nitrogens with zero attached hydrogens (tertiary/aromatic N) is 3. The Hall–Kier alpha value is -3.23. The number of hydrazine groups is 1. The molecule has 2 rings (SSSR count). The molecule has 0 aliphatic heterocycles. The first-order chi connectivity index (χ1) is 12.5. The Bertz CT molecular complexity index is 880. The molecule has 0 spiro atoms. The lowest BCUT2D eigenvalue weighted by Gasteiger charge is -2.13. The van der Waals surface area contributed by atoms with Crippen molar-refractivity contribution < 1.29 is 4.79 Å². The maximum Gasteiger partial charge on any atom is 0.330 e. The summed E-state index contributed by atoms with van der Waals surface area (Å²) >= 11 is 1.25. The first-order valence-electron chi connectivity index (χ1n) is 7.76. The predicted octanol–water partition coefficient (Wildman–Crippen LogP) is 2.86. The molecule has 0 saturated heterocycles. The fourth-order valence-corrected chi connectivity index (χ4v) is 2.69. The minimum atomic E-state index is -0.798. The van der Waals surface area contributed by atoms with Crippen molar-refractivity contribution in [3.05, 3.63) is 35.4 Å². The lowest BCUT2D eigenvalue weighted by molar-refractivity contribution is 0.250. The number of aromatic nitrogens is 2. The van der Waals surface area contributed by atoms with E-state index >= 15 is 0 Å². The molecule has 0 aliphatic carbocycles. The molecule has 0 unspecified atom stereocenters. The number of urea groups is 1. The Labute approximate surface area is 156 Å². The molecule has 26 heavy (non-hydrogen) atoms. The van der Waals surface area contributed by atoms with E-state index in [1.807, 2.05) is 24.3 Å². The van der Waals surface area contributed by atoms with Gasteiger partial charge in [-0.3, -0.25) is 10.9 Å². The summed E-state index contributed by atoms with van der Waals surface area (Å²) in [6.07, 6.45) is 5.30. The van der Waals surface area contributed by atoms with Crippen LogP contribution in [0.15, 0.2) is 29.4 Å². The average molecular weight is 366 g/mol. The van der Waals surface area contributed by atoms with Crippen LogP contribution in [0.2, 0.25) is 0 Å². The molecule has 0 saturated carbocycles. The van der Waals surface area contributed by atoms with E-state index < -0.39 is 6.03 Å². The summed E-state index contributed by atoms with van der Waals surface area (Å²) in [5.74, 6) is 3.43. The second kappa shape index (κ2) is 8.75. The number of hydrogen-bond acceptors (Lipinski definition) is 6. The number of rotatable bonds is 6. The third-order valence-corrected chi connectivity index (χ3v) is 4.19. The van der Waals surface area contributed by atoms with Gasteiger partial charge in [-0.25, -0.2) is 14.8 Å². The molecule has 1 aromatic heterocycles. The number of primary amides is 1. The minimum Gasteiger partial charge on any atom is -0.350 e. The van der Waals surface area contributed by atoms with Gasteiger partial charge in [-0.1, -0.05) is 55.8 Å². The van der Waals surface area contributed by atoms with E-state index in [0.29, 0.717) is 22.5 Å². The number of amides is 2. The van der Waals surface area contributed by atoms with Gasteiger partial charge < -0.3 is 5.73 Å². The van der Waals surface area contributed by atoms with E-state index in [4.69, 9.17) is 12.2 Å². The van der Waals surface area contributed by atoms with Crippen LogP contribution in [0.1, 0.15) is 30.9 Å². The number of nitrogens with two attached hydrogens (primary N) is 1. The summed E-state index contributed by atoms with van der Waals surface area (Å²) in [6, 6.07) is 9.07. The molecule has 0 bridgehead atoms. The van der Waals surface area contributed by atoms with Gasteiger partial charge >= 0.3 is 6.03 Å². The quantitative estimate of drug-likeness (QED) is 0.313. The number of nitriles is 1. The number of carbonyl (C=O) groups is 1. The van der Waals surface area contributed by atoms with Crippen molar-refractivity contribution in [1.29, 1.82) is 5.26 Å². The van der Waals surface area contributed by atoms with Crippen LogP contribution in [-0.4, -0.2) is 21.8 Å². The fraction of sp³-hybridized carbons (Fsp3) is 0.222. The van der Waals surface area contributed by atoms with Gasteiger partial charge in [0.25, 0.3) is 0 Å². The highest BCUT2D eigenvalue weighted by atomic mass is 32.2. The normalized spacial score (nSPS) is 10.0. The monoisotopic (exact) mass is 366 g/mol. The Balaban J connectivity index is 2.54. The number of terminal acetylenes is 1. The molecule has 0 aliphatic rings. The van der Waals surface area contributed by atoms with Crippen molar-refractivity contribution in [2.45, 2.75) is 24.9 Å². The van der Waals surface area contributed by atoms with E-state index in [-0.39, 0.29) is 11.4 Å². The van der Waals surface area contributed by atoms with Crippen molar-refractivity contribution in [3.63, 3.8) is 0 Å². The van der Waals surface area contributed by atoms with Crippen molar-refractivity contribution in [2.24, 2.45) is 5.73 Å². The van der Waals surface area contributed by atoms with E-state index in [0.717, 1.165) is 5.56 Å². The predicted molar refractivity (Wildman–Crippen MR) is 102 cm³/mol. The Kier molecular flexibility index (Phi) is 6.42. The van der Waals surface area contributed by atoms with Crippen molar-refractivity contribution in [3.8, 4) is 29.7 Å². The molecule has 0 radical (unpaired) electrons. The molecule has 1 aromatic carbocycles. The molecular weight excluding hydrogens is 348 g/mol. The fourth-order valence-electron chi connectivity index (χ4n) is 2.16. The number of nitrogens with one attached hydrogen (secondary N) is 2. The van der Waals surface area contributed by atoms with Crippen LogP contribution in [-0.2, 0) is 0 Å². The van der Waals surface area contributed by atoms with E-state index in [1.54, 1.807) is 0 Å². The van der Waals surface area contributed by atoms with E-state index in [9.17, 15) is 10.1 Å². The Morgan fingerprint density at radius 3 is 2.58 bits per heavy atom. The molecule has 7 nitrogen and oxygen atoms in total. The third kappa shape index (κ3) is 4.65. The largest absolute Gasteiger partial charge is 0.350 e. The summed E-state index contributed by atoms with van der Waals surface area (Å²) in [6.45, 7) is 4.21. The molecule has 132 valence electrons. The zero-order valence-electron chi connectivity index (χ0n) is 14.4. The number of anilines is 1.